The Morgan fingerprint density at radius 2 is 1.92 bits per heavy atom. The van der Waals surface area contributed by atoms with Crippen molar-refractivity contribution in [1.82, 2.24) is 9.88 Å². The topological polar surface area (TPSA) is 54.9 Å². The number of alkyl halides is 3. The average molecular weight is 345 g/mol. The molecule has 1 unspecified atom stereocenters. The molecule has 0 spiro atoms. The van der Waals surface area contributed by atoms with Gasteiger partial charge >= 0.3 is 6.18 Å². The van der Waals surface area contributed by atoms with Crippen molar-refractivity contribution in [3.8, 4) is 0 Å². The molecule has 2 aliphatic rings. The van der Waals surface area contributed by atoms with E-state index >= 15 is 0 Å². The van der Waals surface area contributed by atoms with Crippen LogP contribution in [0.3, 0.4) is 0 Å². The summed E-state index contributed by atoms with van der Waals surface area (Å²) in [5.74, 6) is 0.263. The van der Waals surface area contributed by atoms with E-state index in [1.54, 1.807) is 17.0 Å². The van der Waals surface area contributed by atoms with Gasteiger partial charge in [-0.3, -0.25) is 4.79 Å². The quantitative estimate of drug-likeness (QED) is 0.809. The van der Waals surface area contributed by atoms with Crippen LogP contribution in [0.4, 0.5) is 19.0 Å². The molecule has 0 radical (unpaired) electrons. The molecular weight excluding hydrogens is 327 g/mol. The van der Waals surface area contributed by atoms with Gasteiger partial charge < -0.3 is 19.3 Å². The van der Waals surface area contributed by atoms with Crippen LogP contribution in [-0.2, 0) is 9.47 Å². The van der Waals surface area contributed by atoms with Gasteiger partial charge in [-0.1, -0.05) is 0 Å². The molecule has 9 heteroatoms. The van der Waals surface area contributed by atoms with Crippen LogP contribution in [0.2, 0.25) is 0 Å². The number of hydrogen-bond donors (Lipinski definition) is 0. The first-order valence-corrected chi connectivity index (χ1v) is 7.71. The summed E-state index contributed by atoms with van der Waals surface area (Å²) in [7, 11) is 0. The molecular formula is C15H18F3N3O3. The predicted octanol–water partition coefficient (Wildman–Crippen LogP) is 1.32. The smallest absolute Gasteiger partial charge is 0.378 e. The van der Waals surface area contributed by atoms with Gasteiger partial charge in [0, 0.05) is 25.8 Å². The Balaban J connectivity index is 1.66. The number of amides is 1. The minimum absolute atomic E-state index is 0.0136. The van der Waals surface area contributed by atoms with E-state index in [2.05, 4.69) is 4.98 Å². The van der Waals surface area contributed by atoms with Crippen LogP contribution >= 0.6 is 0 Å². The van der Waals surface area contributed by atoms with Crippen molar-refractivity contribution in [2.24, 2.45) is 0 Å². The molecule has 0 N–H and O–H groups in total. The minimum Gasteiger partial charge on any atom is -0.378 e. The van der Waals surface area contributed by atoms with Gasteiger partial charge in [0.15, 0.2) is 6.10 Å². The maximum absolute atomic E-state index is 12.8. The van der Waals surface area contributed by atoms with E-state index in [0.29, 0.717) is 44.2 Å². The van der Waals surface area contributed by atoms with Gasteiger partial charge in [-0.2, -0.15) is 13.2 Å². The van der Waals surface area contributed by atoms with Crippen molar-refractivity contribution < 1.29 is 27.4 Å². The molecule has 1 aromatic heterocycles. The second-order valence-corrected chi connectivity index (χ2v) is 5.66. The van der Waals surface area contributed by atoms with Crippen molar-refractivity contribution in [3.63, 3.8) is 0 Å². The molecule has 0 bridgehead atoms. The van der Waals surface area contributed by atoms with E-state index in [1.807, 2.05) is 0 Å². The fraction of sp³-hybridized carbons (Fsp3) is 0.600. The van der Waals surface area contributed by atoms with Crippen LogP contribution in [-0.4, -0.2) is 74.1 Å². The van der Waals surface area contributed by atoms with Gasteiger partial charge in [0.05, 0.1) is 31.9 Å². The number of ether oxygens (including phenoxy) is 2. The molecule has 0 aliphatic carbocycles. The highest BCUT2D eigenvalue weighted by atomic mass is 19.4. The minimum atomic E-state index is -4.40. The van der Waals surface area contributed by atoms with Gasteiger partial charge in [0.25, 0.3) is 5.91 Å². The number of hydrogen-bond acceptors (Lipinski definition) is 5. The van der Waals surface area contributed by atoms with Gasteiger partial charge in [-0.05, 0) is 12.1 Å². The van der Waals surface area contributed by atoms with E-state index < -0.39 is 12.3 Å². The van der Waals surface area contributed by atoms with E-state index in [1.165, 1.54) is 11.1 Å². The zero-order chi connectivity index (χ0) is 17.2. The third kappa shape index (κ3) is 3.78. The van der Waals surface area contributed by atoms with Gasteiger partial charge in [0.2, 0.25) is 0 Å². The first kappa shape index (κ1) is 17.0. The lowest BCUT2D eigenvalue weighted by Crippen LogP contribution is -2.49. The van der Waals surface area contributed by atoms with Crippen LogP contribution in [0.15, 0.2) is 18.3 Å². The summed E-state index contributed by atoms with van der Waals surface area (Å²) in [6, 6.07) is 3.17. The molecule has 1 amide bonds. The lowest BCUT2D eigenvalue weighted by molar-refractivity contribution is -0.221. The number of pyridine rings is 1. The van der Waals surface area contributed by atoms with Crippen molar-refractivity contribution in [3.05, 3.63) is 23.9 Å². The summed E-state index contributed by atoms with van der Waals surface area (Å²) >= 11 is 0. The molecule has 0 saturated carbocycles. The maximum atomic E-state index is 12.8. The summed E-state index contributed by atoms with van der Waals surface area (Å²) in [6.45, 7) is 2.08. The molecule has 2 aliphatic heterocycles. The largest absolute Gasteiger partial charge is 0.416 e. The second-order valence-electron chi connectivity index (χ2n) is 5.66. The first-order chi connectivity index (χ1) is 11.4. The van der Waals surface area contributed by atoms with Crippen LogP contribution in [0.5, 0.6) is 0 Å². The number of halogens is 3. The third-order valence-corrected chi connectivity index (χ3v) is 4.05. The molecule has 132 valence electrons. The molecule has 1 atom stereocenters. The number of rotatable bonds is 2. The maximum Gasteiger partial charge on any atom is 0.416 e. The monoisotopic (exact) mass is 345 g/mol. The normalized spacial score (nSPS) is 22.5. The van der Waals surface area contributed by atoms with E-state index in [-0.39, 0.29) is 19.1 Å². The van der Waals surface area contributed by atoms with Crippen LogP contribution < -0.4 is 4.90 Å². The number of anilines is 1. The summed E-state index contributed by atoms with van der Waals surface area (Å²) < 4.78 is 48.3. The standard InChI is InChI=1S/C15H18F3N3O3/c16-15(17,18)12-10-21(5-8-24-12)13-2-1-11(9-19-13)14(22)20-3-6-23-7-4-20/h1-2,9,12H,3-8,10H2. The highest BCUT2D eigenvalue weighted by Crippen LogP contribution is 2.27. The van der Waals surface area contributed by atoms with Crippen molar-refractivity contribution in [2.75, 3.05) is 50.9 Å². The van der Waals surface area contributed by atoms with Crippen molar-refractivity contribution >= 4 is 11.7 Å². The molecule has 0 aromatic carbocycles. The Morgan fingerprint density at radius 3 is 2.54 bits per heavy atom. The predicted molar refractivity (Wildman–Crippen MR) is 79.0 cm³/mol. The Morgan fingerprint density at radius 1 is 1.17 bits per heavy atom. The molecule has 2 saturated heterocycles. The number of morpholine rings is 2. The summed E-state index contributed by atoms with van der Waals surface area (Å²) in [4.78, 5) is 19.7. The van der Waals surface area contributed by atoms with Crippen molar-refractivity contribution in [2.45, 2.75) is 12.3 Å². The summed E-state index contributed by atoms with van der Waals surface area (Å²) in [6.07, 6.45) is -4.81. The van der Waals surface area contributed by atoms with Gasteiger partial charge in [-0.15, -0.1) is 0 Å². The number of carbonyl (C=O) groups is 1. The fourth-order valence-electron chi connectivity index (χ4n) is 2.70. The lowest BCUT2D eigenvalue weighted by Gasteiger charge is -2.34. The third-order valence-electron chi connectivity index (χ3n) is 4.05. The van der Waals surface area contributed by atoms with Gasteiger partial charge in [0.1, 0.15) is 5.82 Å². The van der Waals surface area contributed by atoms with Crippen LogP contribution in [0.1, 0.15) is 10.4 Å². The average Bonchev–Trinajstić information content (AvgIpc) is 2.61. The van der Waals surface area contributed by atoms with E-state index in [9.17, 15) is 18.0 Å². The zero-order valence-corrected chi connectivity index (χ0v) is 13.0. The molecule has 6 nitrogen and oxygen atoms in total. The second kappa shape index (κ2) is 6.94. The first-order valence-electron chi connectivity index (χ1n) is 7.71. The Bertz CT molecular complexity index is 574. The Kier molecular flexibility index (Phi) is 4.91. The van der Waals surface area contributed by atoms with Crippen molar-refractivity contribution in [1.29, 1.82) is 0 Å². The fourth-order valence-corrected chi connectivity index (χ4v) is 2.70. The Labute approximate surface area is 137 Å². The van der Waals surface area contributed by atoms with E-state index in [0.717, 1.165) is 0 Å². The SMILES string of the molecule is O=C(c1ccc(N2CCOC(C(F)(F)F)C2)nc1)N1CCOCC1. The zero-order valence-electron chi connectivity index (χ0n) is 13.0. The summed E-state index contributed by atoms with van der Waals surface area (Å²) in [5, 5.41) is 0. The molecule has 1 aromatic rings. The highest BCUT2D eigenvalue weighted by Gasteiger charge is 2.43. The highest BCUT2D eigenvalue weighted by molar-refractivity contribution is 5.94. The molecule has 2 fully saturated rings. The molecule has 3 heterocycles. The molecule has 24 heavy (non-hydrogen) atoms. The van der Waals surface area contributed by atoms with Crippen LogP contribution in [0, 0.1) is 0 Å². The van der Waals surface area contributed by atoms with Gasteiger partial charge in [-0.25, -0.2) is 4.98 Å². The lowest BCUT2D eigenvalue weighted by atomic mass is 10.2. The van der Waals surface area contributed by atoms with E-state index in [4.69, 9.17) is 9.47 Å². The number of nitrogens with zero attached hydrogens (tertiary/aromatic N) is 3. The Hall–Kier alpha value is -1.87. The number of carbonyl (C=O) groups excluding carboxylic acids is 1. The van der Waals surface area contributed by atoms with Crippen LogP contribution in [0.25, 0.3) is 0 Å². The number of aromatic nitrogens is 1. The summed E-state index contributed by atoms with van der Waals surface area (Å²) in [5.41, 5.74) is 0.418. The molecule has 3 rings (SSSR count).